The molecule has 0 radical (unpaired) electrons. The van der Waals surface area contributed by atoms with Crippen molar-refractivity contribution in [1.82, 2.24) is 25.1 Å². The predicted molar refractivity (Wildman–Crippen MR) is 129 cm³/mol. The Kier molecular flexibility index (Phi) is 6.18. The molecule has 3 heterocycles. The van der Waals surface area contributed by atoms with Crippen LogP contribution < -0.4 is 14.8 Å². The van der Waals surface area contributed by atoms with Gasteiger partial charge in [-0.1, -0.05) is 36.0 Å². The number of aryl methyl sites for hydroxylation is 1. The maximum atomic E-state index is 12.9. The highest BCUT2D eigenvalue weighted by Gasteiger charge is 2.23. The van der Waals surface area contributed by atoms with Gasteiger partial charge in [0.2, 0.25) is 12.7 Å². The van der Waals surface area contributed by atoms with E-state index in [-0.39, 0.29) is 18.0 Å². The van der Waals surface area contributed by atoms with Gasteiger partial charge in [-0.05, 0) is 55.3 Å². The Morgan fingerprint density at radius 2 is 1.97 bits per heavy atom. The zero-order valence-corrected chi connectivity index (χ0v) is 19.6. The summed E-state index contributed by atoms with van der Waals surface area (Å²) in [6, 6.07) is 17.5. The molecule has 2 aromatic heterocycles. The first kappa shape index (κ1) is 22.0. The van der Waals surface area contributed by atoms with E-state index in [1.54, 1.807) is 12.4 Å². The van der Waals surface area contributed by atoms with E-state index in [0.717, 1.165) is 28.1 Å². The van der Waals surface area contributed by atoms with Crippen LogP contribution in [0.3, 0.4) is 0 Å². The number of benzene rings is 2. The van der Waals surface area contributed by atoms with Crippen LogP contribution in [0.25, 0.3) is 17.1 Å². The van der Waals surface area contributed by atoms with Gasteiger partial charge in [-0.2, -0.15) is 0 Å². The standard InChI is InChI=1S/C25H23N5O3S/c1-16-6-3-4-8-20(16)30-23(19-7-5-11-26-14-19)28-29-25(30)34-17(2)24(31)27-13-18-9-10-21-22(12-18)33-15-32-21/h3-12,14,17H,13,15H2,1-2H3,(H,27,31). The van der Waals surface area contributed by atoms with Gasteiger partial charge in [0.25, 0.3) is 0 Å². The van der Waals surface area contributed by atoms with Crippen LogP contribution in [0.15, 0.2) is 72.1 Å². The summed E-state index contributed by atoms with van der Waals surface area (Å²) in [7, 11) is 0. The molecule has 172 valence electrons. The van der Waals surface area contributed by atoms with Crippen LogP contribution in [0.5, 0.6) is 11.5 Å². The molecule has 5 rings (SSSR count). The average molecular weight is 474 g/mol. The summed E-state index contributed by atoms with van der Waals surface area (Å²) in [6.07, 6.45) is 3.48. The highest BCUT2D eigenvalue weighted by atomic mass is 32.2. The number of fused-ring (bicyclic) bond motifs is 1. The van der Waals surface area contributed by atoms with Crippen molar-refractivity contribution in [2.24, 2.45) is 0 Å². The largest absolute Gasteiger partial charge is 0.454 e. The molecule has 0 fully saturated rings. The third-order valence-electron chi connectivity index (χ3n) is 5.46. The molecule has 1 amide bonds. The van der Waals surface area contributed by atoms with Crippen molar-refractivity contribution < 1.29 is 14.3 Å². The molecule has 1 atom stereocenters. The zero-order valence-electron chi connectivity index (χ0n) is 18.8. The molecule has 34 heavy (non-hydrogen) atoms. The number of aromatic nitrogens is 4. The van der Waals surface area contributed by atoms with E-state index in [4.69, 9.17) is 9.47 Å². The Labute approximate surface area is 201 Å². The van der Waals surface area contributed by atoms with Crippen LogP contribution in [0, 0.1) is 6.92 Å². The van der Waals surface area contributed by atoms with Gasteiger partial charge in [0, 0.05) is 24.5 Å². The number of carbonyl (C=O) groups is 1. The highest BCUT2D eigenvalue weighted by molar-refractivity contribution is 8.00. The summed E-state index contributed by atoms with van der Waals surface area (Å²) in [5.41, 5.74) is 3.83. The second-order valence-corrected chi connectivity index (χ2v) is 9.14. The van der Waals surface area contributed by atoms with Gasteiger partial charge in [-0.15, -0.1) is 10.2 Å². The van der Waals surface area contributed by atoms with E-state index in [9.17, 15) is 4.79 Å². The van der Waals surface area contributed by atoms with Crippen molar-refractivity contribution in [2.45, 2.75) is 30.8 Å². The Morgan fingerprint density at radius 1 is 1.12 bits per heavy atom. The number of carbonyl (C=O) groups excluding carboxylic acids is 1. The third kappa shape index (κ3) is 4.47. The molecule has 1 N–H and O–H groups in total. The van der Waals surface area contributed by atoms with Crippen LogP contribution in [0.2, 0.25) is 0 Å². The summed E-state index contributed by atoms with van der Waals surface area (Å²) >= 11 is 1.36. The van der Waals surface area contributed by atoms with E-state index in [2.05, 4.69) is 20.5 Å². The van der Waals surface area contributed by atoms with Crippen LogP contribution in [-0.2, 0) is 11.3 Å². The molecule has 1 aliphatic heterocycles. The number of hydrogen-bond acceptors (Lipinski definition) is 7. The number of pyridine rings is 1. The smallest absolute Gasteiger partial charge is 0.233 e. The molecule has 0 saturated heterocycles. The van der Waals surface area contributed by atoms with Crippen molar-refractivity contribution in [3.63, 3.8) is 0 Å². The van der Waals surface area contributed by atoms with E-state index in [1.165, 1.54) is 11.8 Å². The number of nitrogens with zero attached hydrogens (tertiary/aromatic N) is 4. The van der Waals surface area contributed by atoms with Gasteiger partial charge < -0.3 is 14.8 Å². The number of thioether (sulfide) groups is 1. The maximum absolute atomic E-state index is 12.9. The SMILES string of the molecule is Cc1ccccc1-n1c(SC(C)C(=O)NCc2ccc3c(c2)OCO3)nnc1-c1cccnc1. The zero-order chi connectivity index (χ0) is 23.5. The minimum Gasteiger partial charge on any atom is -0.454 e. The van der Waals surface area contributed by atoms with Crippen molar-refractivity contribution >= 4 is 17.7 Å². The maximum Gasteiger partial charge on any atom is 0.233 e. The lowest BCUT2D eigenvalue weighted by molar-refractivity contribution is -0.120. The van der Waals surface area contributed by atoms with Crippen molar-refractivity contribution in [2.75, 3.05) is 6.79 Å². The molecular formula is C25H23N5O3S. The number of rotatable bonds is 7. The topological polar surface area (TPSA) is 91.2 Å². The quantitative estimate of drug-likeness (QED) is 0.403. The Hall–Kier alpha value is -3.85. The van der Waals surface area contributed by atoms with Crippen molar-refractivity contribution in [3.05, 3.63) is 78.1 Å². The molecule has 0 bridgehead atoms. The summed E-state index contributed by atoms with van der Waals surface area (Å²) in [4.78, 5) is 17.1. The molecule has 9 heteroatoms. The number of hydrogen-bond donors (Lipinski definition) is 1. The van der Waals surface area contributed by atoms with Gasteiger partial charge in [0.15, 0.2) is 22.5 Å². The summed E-state index contributed by atoms with van der Waals surface area (Å²) in [5.74, 6) is 2.00. The van der Waals surface area contributed by atoms with Gasteiger partial charge in [-0.3, -0.25) is 14.3 Å². The van der Waals surface area contributed by atoms with Crippen molar-refractivity contribution in [1.29, 1.82) is 0 Å². The van der Waals surface area contributed by atoms with Gasteiger partial charge in [-0.25, -0.2) is 0 Å². The minimum atomic E-state index is -0.386. The lowest BCUT2D eigenvalue weighted by Crippen LogP contribution is -2.30. The Bertz CT molecular complexity index is 1330. The third-order valence-corrected chi connectivity index (χ3v) is 6.51. The molecule has 0 aliphatic carbocycles. The summed E-state index contributed by atoms with van der Waals surface area (Å²) < 4.78 is 12.7. The number of nitrogens with one attached hydrogen (secondary N) is 1. The van der Waals surface area contributed by atoms with E-state index < -0.39 is 0 Å². The fourth-order valence-corrected chi connectivity index (χ4v) is 4.54. The van der Waals surface area contributed by atoms with Gasteiger partial charge >= 0.3 is 0 Å². The van der Waals surface area contributed by atoms with Crippen LogP contribution in [0.4, 0.5) is 0 Å². The first-order valence-corrected chi connectivity index (χ1v) is 11.7. The first-order valence-electron chi connectivity index (χ1n) is 10.8. The molecule has 4 aromatic rings. The van der Waals surface area contributed by atoms with Gasteiger partial charge in [0.05, 0.1) is 10.9 Å². The predicted octanol–water partition coefficient (Wildman–Crippen LogP) is 4.16. The number of amides is 1. The number of ether oxygens (including phenoxy) is 2. The summed E-state index contributed by atoms with van der Waals surface area (Å²) in [5, 5.41) is 12.1. The highest BCUT2D eigenvalue weighted by Crippen LogP contribution is 2.33. The lowest BCUT2D eigenvalue weighted by Gasteiger charge is -2.15. The second-order valence-electron chi connectivity index (χ2n) is 7.84. The fraction of sp³-hybridized carbons (Fsp3) is 0.200. The molecule has 1 aliphatic rings. The van der Waals surface area contributed by atoms with E-state index >= 15 is 0 Å². The Balaban J connectivity index is 1.35. The molecule has 2 aromatic carbocycles. The summed E-state index contributed by atoms with van der Waals surface area (Å²) in [6.45, 7) is 4.52. The first-order chi connectivity index (χ1) is 16.6. The van der Waals surface area contributed by atoms with Gasteiger partial charge in [0.1, 0.15) is 0 Å². The number of para-hydroxylation sites is 1. The molecule has 0 saturated carbocycles. The lowest BCUT2D eigenvalue weighted by atomic mass is 10.2. The normalized spacial score (nSPS) is 13.0. The van der Waals surface area contributed by atoms with Crippen molar-refractivity contribution in [3.8, 4) is 28.6 Å². The minimum absolute atomic E-state index is 0.0927. The molecular weight excluding hydrogens is 450 g/mol. The second kappa shape index (κ2) is 9.56. The fourth-order valence-electron chi connectivity index (χ4n) is 3.66. The van der Waals surface area contributed by atoms with Crippen LogP contribution >= 0.6 is 11.8 Å². The Morgan fingerprint density at radius 3 is 2.79 bits per heavy atom. The van der Waals surface area contributed by atoms with E-state index in [0.29, 0.717) is 23.3 Å². The van der Waals surface area contributed by atoms with Crippen LogP contribution in [0.1, 0.15) is 18.1 Å². The molecule has 0 spiro atoms. The average Bonchev–Trinajstić information content (AvgIpc) is 3.50. The van der Waals surface area contributed by atoms with Crippen LogP contribution in [-0.4, -0.2) is 37.7 Å². The molecule has 8 nitrogen and oxygen atoms in total. The molecule has 1 unspecified atom stereocenters. The monoisotopic (exact) mass is 473 g/mol. The van der Waals surface area contributed by atoms with E-state index in [1.807, 2.05) is 73.0 Å².